The number of nitrogens with two attached hydrogens (primary N) is 1. The molecule has 1 saturated carbocycles. The largest absolute Gasteiger partial charge is 0.480 e. The van der Waals surface area contributed by atoms with Crippen molar-refractivity contribution >= 4 is 13.8 Å². The van der Waals surface area contributed by atoms with E-state index in [2.05, 4.69) is 0 Å². The third-order valence-electron chi connectivity index (χ3n) is 3.78. The van der Waals surface area contributed by atoms with Crippen LogP contribution < -0.4 is 5.73 Å². The van der Waals surface area contributed by atoms with Crippen molar-refractivity contribution in [2.24, 2.45) is 11.7 Å². The Labute approximate surface area is 99.2 Å². The monoisotopic (exact) mass is 223 g/mol. The van der Waals surface area contributed by atoms with Crippen molar-refractivity contribution in [3.05, 3.63) is 0 Å². The minimum Gasteiger partial charge on any atom is -0.480 e. The smallest absolute Gasteiger partial charge is 0.323 e. The van der Waals surface area contributed by atoms with Crippen LogP contribution in [0, 0.1) is 5.92 Å². The van der Waals surface area contributed by atoms with Crippen LogP contribution >= 0.6 is 0 Å². The van der Waals surface area contributed by atoms with Gasteiger partial charge in [-0.25, -0.2) is 0 Å². The second-order valence-electron chi connectivity index (χ2n) is 4.93. The van der Waals surface area contributed by atoms with Crippen LogP contribution in [-0.4, -0.2) is 24.5 Å². The summed E-state index contributed by atoms with van der Waals surface area (Å²) in [5, 5.41) is 9.33. The highest BCUT2D eigenvalue weighted by Gasteiger charge is 2.41. The maximum absolute atomic E-state index is 11.4. The zero-order valence-corrected chi connectivity index (χ0v) is 9.95. The molecular formula is C12H22BNO2. The van der Waals surface area contributed by atoms with Crippen molar-refractivity contribution in [1.82, 2.24) is 0 Å². The lowest BCUT2D eigenvalue weighted by atomic mass is 9.72. The van der Waals surface area contributed by atoms with Crippen LogP contribution in [0.1, 0.15) is 51.4 Å². The predicted octanol–water partition coefficient (Wildman–Crippen LogP) is 2.11. The lowest BCUT2D eigenvalue weighted by Crippen LogP contribution is -2.54. The van der Waals surface area contributed by atoms with Gasteiger partial charge in [0.1, 0.15) is 5.54 Å². The Hall–Kier alpha value is -0.505. The van der Waals surface area contributed by atoms with E-state index in [0.29, 0.717) is 12.7 Å². The number of rotatable bonds is 6. The van der Waals surface area contributed by atoms with Crippen molar-refractivity contribution in [2.75, 3.05) is 0 Å². The molecule has 0 aromatic heterocycles. The summed E-state index contributed by atoms with van der Waals surface area (Å²) in [6.07, 6.45) is 8.23. The molecular weight excluding hydrogens is 201 g/mol. The molecule has 1 aliphatic carbocycles. The van der Waals surface area contributed by atoms with Crippen LogP contribution in [0.25, 0.3) is 0 Å². The fourth-order valence-electron chi connectivity index (χ4n) is 2.67. The Morgan fingerprint density at radius 2 is 1.94 bits per heavy atom. The summed E-state index contributed by atoms with van der Waals surface area (Å²) in [5.41, 5.74) is 5.10. The van der Waals surface area contributed by atoms with Gasteiger partial charge in [0, 0.05) is 0 Å². The van der Waals surface area contributed by atoms with Crippen LogP contribution in [0.5, 0.6) is 0 Å². The van der Waals surface area contributed by atoms with E-state index in [1.807, 2.05) is 0 Å². The van der Waals surface area contributed by atoms with E-state index >= 15 is 0 Å². The van der Waals surface area contributed by atoms with Gasteiger partial charge in [0.05, 0.1) is 7.85 Å². The SMILES string of the molecule is [B]CCCC[C@@](N)(C(=O)O)C1CCCCC1. The first-order chi connectivity index (χ1) is 7.61. The maximum Gasteiger partial charge on any atom is 0.323 e. The first-order valence-corrected chi connectivity index (χ1v) is 6.33. The molecule has 0 aromatic rings. The number of carboxylic acid groups (broad SMARTS) is 1. The standard InChI is InChI=1S/C12H22BNO2/c13-9-5-4-8-12(14,11(15)16)10-6-2-1-3-7-10/h10H,1-9,14H2,(H,15,16)/t12-/m0/s1. The third-order valence-corrected chi connectivity index (χ3v) is 3.78. The summed E-state index contributed by atoms with van der Waals surface area (Å²) in [7, 11) is 5.42. The molecule has 16 heavy (non-hydrogen) atoms. The average Bonchev–Trinajstić information content (AvgIpc) is 2.30. The fourth-order valence-corrected chi connectivity index (χ4v) is 2.67. The molecule has 0 spiro atoms. The van der Waals surface area contributed by atoms with Crippen LogP contribution in [0.4, 0.5) is 0 Å². The van der Waals surface area contributed by atoms with Gasteiger partial charge in [-0.05, 0) is 25.2 Å². The summed E-state index contributed by atoms with van der Waals surface area (Å²) in [6.45, 7) is 0. The van der Waals surface area contributed by atoms with Gasteiger partial charge in [-0.1, -0.05) is 38.4 Å². The average molecular weight is 223 g/mol. The molecule has 0 bridgehead atoms. The van der Waals surface area contributed by atoms with E-state index in [-0.39, 0.29) is 5.92 Å². The Bertz CT molecular complexity index is 229. The fraction of sp³-hybridized carbons (Fsp3) is 0.917. The van der Waals surface area contributed by atoms with E-state index in [0.717, 1.165) is 38.5 Å². The van der Waals surface area contributed by atoms with Gasteiger partial charge in [-0.3, -0.25) is 4.79 Å². The van der Waals surface area contributed by atoms with Crippen molar-refractivity contribution in [2.45, 2.75) is 63.2 Å². The van der Waals surface area contributed by atoms with Crippen LogP contribution in [0.2, 0.25) is 6.32 Å². The number of hydrogen-bond donors (Lipinski definition) is 2. The summed E-state index contributed by atoms with van der Waals surface area (Å²) in [5.74, 6) is -0.687. The Morgan fingerprint density at radius 3 is 2.44 bits per heavy atom. The molecule has 90 valence electrons. The van der Waals surface area contributed by atoms with Crippen molar-refractivity contribution in [1.29, 1.82) is 0 Å². The second-order valence-corrected chi connectivity index (χ2v) is 4.93. The molecule has 4 heteroatoms. The zero-order chi connectivity index (χ0) is 12.0. The van der Waals surface area contributed by atoms with Gasteiger partial charge in [0.15, 0.2) is 0 Å². The molecule has 0 aromatic carbocycles. The number of hydrogen-bond acceptors (Lipinski definition) is 2. The Balaban J connectivity index is 2.58. The predicted molar refractivity (Wildman–Crippen MR) is 65.5 cm³/mol. The highest BCUT2D eigenvalue weighted by Crippen LogP contribution is 2.34. The molecule has 1 atom stereocenters. The normalized spacial score (nSPS) is 21.6. The number of aliphatic carboxylic acids is 1. The van der Waals surface area contributed by atoms with E-state index < -0.39 is 11.5 Å². The highest BCUT2D eigenvalue weighted by molar-refractivity contribution is 6.08. The molecule has 0 amide bonds. The van der Waals surface area contributed by atoms with Gasteiger partial charge < -0.3 is 10.8 Å². The molecule has 3 N–H and O–H groups in total. The molecule has 1 rings (SSSR count). The molecule has 0 heterocycles. The lowest BCUT2D eigenvalue weighted by molar-refractivity contribution is -0.146. The van der Waals surface area contributed by atoms with Gasteiger partial charge in [0.2, 0.25) is 0 Å². The minimum atomic E-state index is -1.02. The molecule has 0 unspecified atom stereocenters. The quantitative estimate of drug-likeness (QED) is 0.535. The van der Waals surface area contributed by atoms with Crippen LogP contribution in [0.15, 0.2) is 0 Å². The van der Waals surface area contributed by atoms with E-state index in [4.69, 9.17) is 13.6 Å². The number of carbonyl (C=O) groups is 1. The summed E-state index contributed by atoms with van der Waals surface area (Å²) < 4.78 is 0. The van der Waals surface area contributed by atoms with Crippen LogP contribution in [0.3, 0.4) is 0 Å². The first-order valence-electron chi connectivity index (χ1n) is 6.33. The molecule has 0 aliphatic heterocycles. The van der Waals surface area contributed by atoms with E-state index in [1.54, 1.807) is 0 Å². The maximum atomic E-state index is 11.4. The van der Waals surface area contributed by atoms with Gasteiger partial charge >= 0.3 is 5.97 Å². The van der Waals surface area contributed by atoms with Gasteiger partial charge in [-0.15, -0.1) is 0 Å². The summed E-state index contributed by atoms with van der Waals surface area (Å²) in [6, 6.07) is 0. The number of carboxylic acids is 1. The van der Waals surface area contributed by atoms with Gasteiger partial charge in [0.25, 0.3) is 0 Å². The summed E-state index contributed by atoms with van der Waals surface area (Å²) in [4.78, 5) is 11.4. The van der Waals surface area contributed by atoms with Gasteiger partial charge in [-0.2, -0.15) is 0 Å². The summed E-state index contributed by atoms with van der Waals surface area (Å²) >= 11 is 0. The molecule has 1 fully saturated rings. The zero-order valence-electron chi connectivity index (χ0n) is 9.95. The Morgan fingerprint density at radius 1 is 1.31 bits per heavy atom. The minimum absolute atomic E-state index is 0.150. The van der Waals surface area contributed by atoms with Crippen LogP contribution in [-0.2, 0) is 4.79 Å². The second kappa shape index (κ2) is 6.28. The first kappa shape index (κ1) is 13.6. The number of unbranched alkanes of at least 4 members (excludes halogenated alkanes) is 1. The Kier molecular flexibility index (Phi) is 5.33. The van der Waals surface area contributed by atoms with Crippen molar-refractivity contribution in [3.8, 4) is 0 Å². The topological polar surface area (TPSA) is 63.3 Å². The lowest BCUT2D eigenvalue weighted by Gasteiger charge is -2.36. The van der Waals surface area contributed by atoms with E-state index in [1.165, 1.54) is 6.42 Å². The molecule has 3 nitrogen and oxygen atoms in total. The van der Waals surface area contributed by atoms with E-state index in [9.17, 15) is 9.90 Å². The third kappa shape index (κ3) is 3.24. The van der Waals surface area contributed by atoms with Crippen molar-refractivity contribution in [3.63, 3.8) is 0 Å². The molecule has 0 saturated heterocycles. The van der Waals surface area contributed by atoms with Crippen molar-refractivity contribution < 1.29 is 9.90 Å². The molecule has 2 radical (unpaired) electrons. The highest BCUT2D eigenvalue weighted by atomic mass is 16.4. The molecule has 1 aliphatic rings.